The standard InChI is InChI=1S/C18H19F2NO/c1-2-3-8-16-13-6-4-5-7-14(13)18(22)21(16)17-10-9-12(19)11-15(17)20/h8-11H,2-7H2,1H3. The van der Waals surface area contributed by atoms with E-state index in [1.54, 1.807) is 0 Å². The van der Waals surface area contributed by atoms with Gasteiger partial charge in [0.15, 0.2) is 0 Å². The Labute approximate surface area is 129 Å². The Kier molecular flexibility index (Phi) is 4.10. The van der Waals surface area contributed by atoms with Gasteiger partial charge >= 0.3 is 0 Å². The maximum Gasteiger partial charge on any atom is 0.259 e. The first kappa shape index (κ1) is 14.9. The summed E-state index contributed by atoms with van der Waals surface area (Å²) in [5.74, 6) is -1.48. The third kappa shape index (κ3) is 2.47. The van der Waals surface area contributed by atoms with Crippen LogP contribution in [0.25, 0.3) is 0 Å². The number of anilines is 1. The smallest absolute Gasteiger partial charge is 0.259 e. The summed E-state index contributed by atoms with van der Waals surface area (Å²) < 4.78 is 27.3. The molecule has 0 N–H and O–H groups in total. The lowest BCUT2D eigenvalue weighted by Gasteiger charge is -2.21. The fourth-order valence-electron chi connectivity index (χ4n) is 3.20. The van der Waals surface area contributed by atoms with Crippen LogP contribution < -0.4 is 4.90 Å². The van der Waals surface area contributed by atoms with E-state index in [4.69, 9.17) is 0 Å². The number of hydrogen-bond donors (Lipinski definition) is 0. The minimum atomic E-state index is -0.699. The zero-order valence-corrected chi connectivity index (χ0v) is 12.7. The van der Waals surface area contributed by atoms with E-state index in [0.29, 0.717) is 0 Å². The van der Waals surface area contributed by atoms with Crippen molar-refractivity contribution in [2.45, 2.75) is 45.4 Å². The molecule has 0 radical (unpaired) electrons. The second-order valence-electron chi connectivity index (χ2n) is 5.78. The molecule has 116 valence electrons. The zero-order chi connectivity index (χ0) is 15.7. The van der Waals surface area contributed by atoms with E-state index >= 15 is 0 Å². The number of carbonyl (C=O) groups is 1. The van der Waals surface area contributed by atoms with Crippen LogP contribution in [0.3, 0.4) is 0 Å². The van der Waals surface area contributed by atoms with Gasteiger partial charge in [-0.1, -0.05) is 19.4 Å². The van der Waals surface area contributed by atoms with E-state index in [-0.39, 0.29) is 11.6 Å². The highest BCUT2D eigenvalue weighted by Gasteiger charge is 2.37. The minimum absolute atomic E-state index is 0.142. The molecule has 1 aliphatic carbocycles. The number of allylic oxidation sites excluding steroid dienone is 2. The lowest BCUT2D eigenvalue weighted by Crippen LogP contribution is -2.26. The molecule has 2 nitrogen and oxygen atoms in total. The molecule has 0 atom stereocenters. The molecule has 0 bridgehead atoms. The van der Waals surface area contributed by atoms with Crippen molar-refractivity contribution < 1.29 is 13.6 Å². The van der Waals surface area contributed by atoms with Gasteiger partial charge in [0.1, 0.15) is 11.6 Å². The molecule has 0 fully saturated rings. The van der Waals surface area contributed by atoms with Crippen molar-refractivity contribution in [3.63, 3.8) is 0 Å². The number of hydrogen-bond acceptors (Lipinski definition) is 1. The highest BCUT2D eigenvalue weighted by Crippen LogP contribution is 2.42. The minimum Gasteiger partial charge on any atom is -0.274 e. The second-order valence-corrected chi connectivity index (χ2v) is 5.78. The monoisotopic (exact) mass is 303 g/mol. The molecular formula is C18H19F2NO. The Balaban J connectivity index is 2.08. The highest BCUT2D eigenvalue weighted by molar-refractivity contribution is 6.13. The summed E-state index contributed by atoms with van der Waals surface area (Å²) in [5, 5.41) is 0. The van der Waals surface area contributed by atoms with Crippen LogP contribution in [0.1, 0.15) is 45.4 Å². The molecule has 1 aromatic rings. The molecule has 1 heterocycles. The number of carbonyl (C=O) groups excluding carboxylic acids is 1. The van der Waals surface area contributed by atoms with Crippen LogP contribution in [0.5, 0.6) is 0 Å². The Morgan fingerprint density at radius 3 is 2.59 bits per heavy atom. The maximum absolute atomic E-state index is 14.2. The van der Waals surface area contributed by atoms with Crippen molar-refractivity contribution in [1.29, 1.82) is 0 Å². The van der Waals surface area contributed by atoms with Crippen molar-refractivity contribution in [2.75, 3.05) is 4.90 Å². The van der Waals surface area contributed by atoms with E-state index in [1.165, 1.54) is 17.0 Å². The first-order chi connectivity index (χ1) is 10.6. The Bertz CT molecular complexity index is 676. The van der Waals surface area contributed by atoms with Gasteiger partial charge in [-0.15, -0.1) is 0 Å². The fraction of sp³-hybridized carbons (Fsp3) is 0.389. The van der Waals surface area contributed by atoms with E-state index in [2.05, 4.69) is 6.92 Å². The predicted molar refractivity (Wildman–Crippen MR) is 82.3 cm³/mol. The van der Waals surface area contributed by atoms with Crippen LogP contribution in [0, 0.1) is 11.6 Å². The number of benzene rings is 1. The quantitative estimate of drug-likeness (QED) is 0.780. The van der Waals surface area contributed by atoms with Crippen LogP contribution in [0.15, 0.2) is 41.1 Å². The number of halogens is 2. The van der Waals surface area contributed by atoms with Crippen molar-refractivity contribution >= 4 is 11.6 Å². The topological polar surface area (TPSA) is 20.3 Å². The zero-order valence-electron chi connectivity index (χ0n) is 12.7. The Hall–Kier alpha value is -1.97. The summed E-state index contributed by atoms with van der Waals surface area (Å²) in [6.45, 7) is 2.06. The predicted octanol–water partition coefficient (Wildman–Crippen LogP) is 4.87. The molecule has 1 aliphatic heterocycles. The fourth-order valence-corrected chi connectivity index (χ4v) is 3.20. The summed E-state index contributed by atoms with van der Waals surface area (Å²) in [5.41, 5.74) is 2.79. The van der Waals surface area contributed by atoms with Crippen molar-refractivity contribution in [1.82, 2.24) is 0 Å². The van der Waals surface area contributed by atoms with Crippen LogP contribution in [0.4, 0.5) is 14.5 Å². The molecule has 1 aromatic carbocycles. The van der Waals surface area contributed by atoms with E-state index in [9.17, 15) is 13.6 Å². The summed E-state index contributed by atoms with van der Waals surface area (Å²) in [6.07, 6.45) is 7.45. The maximum atomic E-state index is 14.2. The molecule has 4 heteroatoms. The van der Waals surface area contributed by atoms with E-state index in [1.807, 2.05) is 6.08 Å². The molecule has 0 saturated heterocycles. The summed E-state index contributed by atoms with van der Waals surface area (Å²) in [6, 6.07) is 3.37. The first-order valence-corrected chi connectivity index (χ1v) is 7.85. The molecule has 2 aliphatic rings. The van der Waals surface area contributed by atoms with Gasteiger partial charge in [0.25, 0.3) is 5.91 Å². The third-order valence-corrected chi connectivity index (χ3v) is 4.26. The van der Waals surface area contributed by atoms with Gasteiger partial charge in [-0.2, -0.15) is 0 Å². The van der Waals surface area contributed by atoms with Crippen molar-refractivity contribution in [2.24, 2.45) is 0 Å². The SMILES string of the molecule is CCCC=C1C2=C(CCCC2)C(=O)N1c1ccc(F)cc1F. The first-order valence-electron chi connectivity index (χ1n) is 7.85. The number of unbranched alkanes of at least 4 members (excludes halogenated alkanes) is 1. The van der Waals surface area contributed by atoms with Gasteiger partial charge in [0.05, 0.1) is 5.69 Å². The number of nitrogens with zero attached hydrogens (tertiary/aromatic N) is 1. The Morgan fingerprint density at radius 1 is 1.18 bits per heavy atom. The van der Waals surface area contributed by atoms with Gasteiger partial charge in [0, 0.05) is 17.3 Å². The van der Waals surface area contributed by atoms with Gasteiger partial charge in [0.2, 0.25) is 0 Å². The van der Waals surface area contributed by atoms with Crippen molar-refractivity contribution in [3.8, 4) is 0 Å². The number of rotatable bonds is 3. The van der Waals surface area contributed by atoms with Crippen LogP contribution in [0.2, 0.25) is 0 Å². The summed E-state index contributed by atoms with van der Waals surface area (Å²) in [4.78, 5) is 14.1. The Morgan fingerprint density at radius 2 is 1.91 bits per heavy atom. The number of amides is 1. The molecule has 1 amide bonds. The van der Waals surface area contributed by atoms with E-state index in [0.717, 1.165) is 61.4 Å². The largest absolute Gasteiger partial charge is 0.274 e. The summed E-state index contributed by atoms with van der Waals surface area (Å²) in [7, 11) is 0. The molecule has 3 rings (SSSR count). The summed E-state index contributed by atoms with van der Waals surface area (Å²) >= 11 is 0. The average molecular weight is 303 g/mol. The average Bonchev–Trinajstić information content (AvgIpc) is 2.78. The lowest BCUT2D eigenvalue weighted by molar-refractivity contribution is -0.114. The van der Waals surface area contributed by atoms with Gasteiger partial charge < -0.3 is 0 Å². The lowest BCUT2D eigenvalue weighted by atomic mass is 9.92. The molecule has 0 spiro atoms. The molecule has 0 saturated carbocycles. The molecular weight excluding hydrogens is 284 g/mol. The second kappa shape index (κ2) is 6.03. The molecule has 22 heavy (non-hydrogen) atoms. The van der Waals surface area contributed by atoms with Crippen LogP contribution in [-0.4, -0.2) is 5.91 Å². The van der Waals surface area contributed by atoms with Gasteiger partial charge in [-0.25, -0.2) is 8.78 Å². The molecule has 0 aromatic heterocycles. The third-order valence-electron chi connectivity index (χ3n) is 4.26. The normalized spacial score (nSPS) is 20.0. The highest BCUT2D eigenvalue weighted by atomic mass is 19.1. The van der Waals surface area contributed by atoms with E-state index < -0.39 is 11.6 Å². The molecule has 0 unspecified atom stereocenters. The van der Waals surface area contributed by atoms with Gasteiger partial charge in [-0.05, 0) is 49.8 Å². The van der Waals surface area contributed by atoms with Crippen LogP contribution >= 0.6 is 0 Å². The van der Waals surface area contributed by atoms with Crippen LogP contribution in [-0.2, 0) is 4.79 Å². The van der Waals surface area contributed by atoms with Crippen molar-refractivity contribution in [3.05, 3.63) is 52.8 Å². The van der Waals surface area contributed by atoms with Gasteiger partial charge in [-0.3, -0.25) is 9.69 Å².